The Bertz CT molecular complexity index is 1190. The van der Waals surface area contributed by atoms with E-state index in [9.17, 15) is 19.2 Å². The van der Waals surface area contributed by atoms with Crippen LogP contribution < -0.4 is 19.7 Å². The highest BCUT2D eigenvalue weighted by molar-refractivity contribution is 6.39. The van der Waals surface area contributed by atoms with Crippen molar-refractivity contribution in [1.29, 1.82) is 0 Å². The van der Waals surface area contributed by atoms with Gasteiger partial charge in [0.25, 0.3) is 11.8 Å². The van der Waals surface area contributed by atoms with Gasteiger partial charge >= 0.3 is 12.0 Å². The molecule has 1 aliphatic heterocycles. The molecule has 2 aromatic rings. The summed E-state index contributed by atoms with van der Waals surface area (Å²) in [6.07, 6.45) is 2.83. The minimum atomic E-state index is -0.917. The number of esters is 1. The number of anilines is 1. The van der Waals surface area contributed by atoms with Crippen molar-refractivity contribution in [3.05, 3.63) is 70.8 Å². The number of rotatable bonds is 8. The number of benzene rings is 2. The molecule has 1 saturated heterocycles. The maximum Gasteiger partial charge on any atom is 0.338 e. The summed E-state index contributed by atoms with van der Waals surface area (Å²) in [4.78, 5) is 50.6. The monoisotopic (exact) mass is 484 g/mol. The highest BCUT2D eigenvalue weighted by Crippen LogP contribution is 2.37. The molecule has 1 N–H and O–H groups in total. The van der Waals surface area contributed by atoms with E-state index in [1.807, 2.05) is 0 Å². The second kappa shape index (κ2) is 10.7. The van der Waals surface area contributed by atoms with Gasteiger partial charge in [-0.3, -0.25) is 14.9 Å². The Morgan fingerprint density at radius 2 is 1.88 bits per heavy atom. The zero-order chi connectivity index (χ0) is 24.8. The molecule has 4 amide bonds. The minimum absolute atomic E-state index is 0.165. The van der Waals surface area contributed by atoms with E-state index in [0.717, 1.165) is 4.90 Å². The van der Waals surface area contributed by atoms with E-state index >= 15 is 0 Å². The maximum atomic E-state index is 13.1. The molecule has 1 aliphatic rings. The van der Waals surface area contributed by atoms with Gasteiger partial charge in [-0.25, -0.2) is 14.5 Å². The Labute approximate surface area is 200 Å². The fraction of sp³-hybridized carbons (Fsp3) is 0.167. The van der Waals surface area contributed by atoms with E-state index in [0.29, 0.717) is 5.56 Å². The van der Waals surface area contributed by atoms with Gasteiger partial charge in [-0.05, 0) is 55.0 Å². The molecule has 0 saturated carbocycles. The van der Waals surface area contributed by atoms with Crippen molar-refractivity contribution in [3.8, 4) is 11.5 Å². The molecule has 0 aromatic heterocycles. The SMILES string of the molecule is C=CCOc1c(Cl)cc(/C=C2\C(=O)NC(=O)N(c3ccc(C(=O)OCC)cc3)C2=O)cc1OC. The highest BCUT2D eigenvalue weighted by atomic mass is 35.5. The van der Waals surface area contributed by atoms with Crippen LogP contribution in [0.2, 0.25) is 5.02 Å². The van der Waals surface area contributed by atoms with Crippen LogP contribution in [-0.4, -0.2) is 44.1 Å². The summed E-state index contributed by atoms with van der Waals surface area (Å²) in [5, 5.41) is 2.33. The molecule has 0 unspecified atom stereocenters. The van der Waals surface area contributed by atoms with Crippen LogP contribution in [0.4, 0.5) is 10.5 Å². The molecule has 0 bridgehead atoms. The first kappa shape index (κ1) is 24.5. The van der Waals surface area contributed by atoms with Crippen molar-refractivity contribution in [2.45, 2.75) is 6.92 Å². The van der Waals surface area contributed by atoms with Crippen molar-refractivity contribution in [2.75, 3.05) is 25.2 Å². The van der Waals surface area contributed by atoms with E-state index in [1.54, 1.807) is 13.0 Å². The van der Waals surface area contributed by atoms with Gasteiger partial charge < -0.3 is 14.2 Å². The second-order valence-electron chi connectivity index (χ2n) is 6.86. The van der Waals surface area contributed by atoms with Gasteiger partial charge in [0.05, 0.1) is 30.0 Å². The molecule has 0 atom stereocenters. The summed E-state index contributed by atoms with van der Waals surface area (Å²) in [7, 11) is 1.42. The molecule has 1 heterocycles. The number of carbonyl (C=O) groups excluding carboxylic acids is 4. The number of carbonyl (C=O) groups is 4. The smallest absolute Gasteiger partial charge is 0.338 e. The standard InChI is InChI=1S/C24H21ClN2O7/c1-4-10-34-20-18(25)12-14(13-19(20)32-3)11-17-21(28)26-24(31)27(22(17)29)16-8-6-15(7-9-16)23(30)33-5-2/h4,6-9,11-13H,1,5,10H2,2-3H3,(H,26,28,31)/b17-11+. The molecule has 0 aliphatic carbocycles. The van der Waals surface area contributed by atoms with E-state index in [-0.39, 0.29) is 46.6 Å². The number of barbiturate groups is 1. The van der Waals surface area contributed by atoms with Crippen LogP contribution in [0.25, 0.3) is 6.08 Å². The Hall–Kier alpha value is -4.11. The number of hydrogen-bond acceptors (Lipinski definition) is 7. The quantitative estimate of drug-likeness (QED) is 0.263. The Balaban J connectivity index is 1.95. The van der Waals surface area contributed by atoms with Crippen LogP contribution in [0.5, 0.6) is 11.5 Å². The van der Waals surface area contributed by atoms with Crippen LogP contribution in [0, 0.1) is 0 Å². The number of nitrogens with zero attached hydrogens (tertiary/aromatic N) is 1. The van der Waals surface area contributed by atoms with Gasteiger partial charge in [-0.2, -0.15) is 0 Å². The lowest BCUT2D eigenvalue weighted by atomic mass is 10.1. The van der Waals surface area contributed by atoms with E-state index in [1.165, 1.54) is 49.6 Å². The third-order valence-electron chi connectivity index (χ3n) is 4.65. The fourth-order valence-electron chi connectivity index (χ4n) is 3.13. The number of urea groups is 1. The number of nitrogens with one attached hydrogen (secondary N) is 1. The topological polar surface area (TPSA) is 111 Å². The second-order valence-corrected chi connectivity index (χ2v) is 7.27. The van der Waals surface area contributed by atoms with E-state index in [2.05, 4.69) is 11.9 Å². The normalized spacial score (nSPS) is 14.6. The average molecular weight is 485 g/mol. The van der Waals surface area contributed by atoms with Crippen LogP contribution in [0.1, 0.15) is 22.8 Å². The van der Waals surface area contributed by atoms with Crippen molar-refractivity contribution in [3.63, 3.8) is 0 Å². The summed E-state index contributed by atoms with van der Waals surface area (Å²) in [6.45, 7) is 5.66. The molecule has 34 heavy (non-hydrogen) atoms. The van der Waals surface area contributed by atoms with Crippen LogP contribution in [-0.2, 0) is 14.3 Å². The van der Waals surface area contributed by atoms with Crippen LogP contribution >= 0.6 is 11.6 Å². The van der Waals surface area contributed by atoms with Crippen LogP contribution in [0.15, 0.2) is 54.6 Å². The number of ether oxygens (including phenoxy) is 3. The number of amides is 4. The Morgan fingerprint density at radius 1 is 1.18 bits per heavy atom. The van der Waals surface area contributed by atoms with Crippen molar-refractivity contribution < 1.29 is 33.4 Å². The summed E-state index contributed by atoms with van der Waals surface area (Å²) < 4.78 is 15.7. The van der Waals surface area contributed by atoms with Crippen molar-refractivity contribution >= 4 is 47.2 Å². The fourth-order valence-corrected chi connectivity index (χ4v) is 3.40. The number of imide groups is 2. The van der Waals surface area contributed by atoms with Gasteiger partial charge in [-0.1, -0.05) is 24.3 Å². The van der Waals surface area contributed by atoms with Gasteiger partial charge in [0.2, 0.25) is 0 Å². The lowest BCUT2D eigenvalue weighted by Crippen LogP contribution is -2.54. The third kappa shape index (κ3) is 5.10. The molecule has 0 spiro atoms. The largest absolute Gasteiger partial charge is 0.493 e. The predicted octanol–water partition coefficient (Wildman–Crippen LogP) is 3.76. The lowest BCUT2D eigenvalue weighted by molar-refractivity contribution is -0.122. The van der Waals surface area contributed by atoms with Crippen molar-refractivity contribution in [1.82, 2.24) is 5.32 Å². The highest BCUT2D eigenvalue weighted by Gasteiger charge is 2.37. The number of methoxy groups -OCH3 is 1. The number of hydrogen-bond donors (Lipinski definition) is 1. The zero-order valence-corrected chi connectivity index (χ0v) is 19.2. The van der Waals surface area contributed by atoms with Crippen molar-refractivity contribution in [2.24, 2.45) is 0 Å². The first-order valence-electron chi connectivity index (χ1n) is 10.1. The Kier molecular flexibility index (Phi) is 7.70. The molecule has 1 fully saturated rings. The van der Waals surface area contributed by atoms with Gasteiger partial charge in [0, 0.05) is 0 Å². The molecule has 2 aromatic carbocycles. The molecule has 176 valence electrons. The first-order chi connectivity index (χ1) is 16.3. The maximum absolute atomic E-state index is 13.1. The van der Waals surface area contributed by atoms with Gasteiger partial charge in [0.1, 0.15) is 12.2 Å². The van der Waals surface area contributed by atoms with Gasteiger partial charge in [-0.15, -0.1) is 0 Å². The summed E-state index contributed by atoms with van der Waals surface area (Å²) in [6, 6.07) is 7.75. The molecule has 10 heteroatoms. The summed E-state index contributed by atoms with van der Waals surface area (Å²) >= 11 is 6.29. The summed E-state index contributed by atoms with van der Waals surface area (Å²) in [5.74, 6) is -1.68. The first-order valence-corrected chi connectivity index (χ1v) is 10.5. The molecule has 0 radical (unpaired) electrons. The number of halogens is 1. The van der Waals surface area contributed by atoms with E-state index in [4.69, 9.17) is 25.8 Å². The zero-order valence-electron chi connectivity index (χ0n) is 18.4. The average Bonchev–Trinajstić information content (AvgIpc) is 2.81. The molecular formula is C24H21ClN2O7. The third-order valence-corrected chi connectivity index (χ3v) is 4.93. The van der Waals surface area contributed by atoms with Crippen LogP contribution in [0.3, 0.4) is 0 Å². The summed E-state index contributed by atoms with van der Waals surface area (Å²) in [5.41, 5.74) is 0.491. The van der Waals surface area contributed by atoms with Gasteiger partial charge in [0.15, 0.2) is 11.5 Å². The molecule has 3 rings (SSSR count). The molecular weight excluding hydrogens is 464 g/mol. The minimum Gasteiger partial charge on any atom is -0.493 e. The Morgan fingerprint density at radius 3 is 2.50 bits per heavy atom. The molecule has 9 nitrogen and oxygen atoms in total. The predicted molar refractivity (Wildman–Crippen MR) is 125 cm³/mol. The van der Waals surface area contributed by atoms with E-state index < -0.39 is 23.8 Å². The lowest BCUT2D eigenvalue weighted by Gasteiger charge is -2.26.